The molecule has 0 radical (unpaired) electrons. The molecule has 0 bridgehead atoms. The van der Waals surface area contributed by atoms with Gasteiger partial charge in [0.05, 0.1) is 5.60 Å². The van der Waals surface area contributed by atoms with E-state index >= 15 is 0 Å². The average Bonchev–Trinajstić information content (AvgIpc) is 2.01. The number of hydrogen-bond donors (Lipinski definition) is 1. The molecule has 0 saturated carbocycles. The van der Waals surface area contributed by atoms with E-state index in [1.54, 1.807) is 38.1 Å². The molecule has 1 nitrogen and oxygen atoms in total. The first-order chi connectivity index (χ1) is 6.23. The second-order valence-electron chi connectivity index (χ2n) is 3.60. The zero-order valence-electron chi connectivity index (χ0n) is 7.89. The van der Waals surface area contributed by atoms with Gasteiger partial charge < -0.3 is 5.11 Å². The Labute approximate surface area is 98.6 Å². The molecule has 0 unspecified atom stereocenters. The summed E-state index contributed by atoms with van der Waals surface area (Å²) in [4.78, 5) is 0. The van der Waals surface area contributed by atoms with Crippen molar-refractivity contribution in [3.8, 4) is 0 Å². The normalized spacial score (nSPS) is 13.0. The van der Waals surface area contributed by atoms with E-state index in [-0.39, 0.29) is 0 Å². The van der Waals surface area contributed by atoms with Crippen molar-refractivity contribution in [2.45, 2.75) is 23.2 Å². The lowest BCUT2D eigenvalue weighted by molar-refractivity contribution is 0.0776. The third-order valence-electron chi connectivity index (χ3n) is 1.89. The summed E-state index contributed by atoms with van der Waals surface area (Å²) in [5.41, 5.74) is 0.123. The minimum absolute atomic E-state index is 0.512. The minimum atomic E-state index is -1.50. The Balaban J connectivity index is 3.31. The van der Waals surface area contributed by atoms with E-state index in [4.69, 9.17) is 34.8 Å². The fourth-order valence-corrected chi connectivity index (χ4v) is 1.76. The number of alkyl halides is 3. The van der Waals surface area contributed by atoms with Gasteiger partial charge in [0, 0.05) is 5.56 Å². The number of rotatable bonds is 1. The van der Waals surface area contributed by atoms with Crippen LogP contribution in [0.4, 0.5) is 0 Å². The van der Waals surface area contributed by atoms with Crippen molar-refractivity contribution < 1.29 is 5.11 Å². The lowest BCUT2D eigenvalue weighted by atomic mass is 9.94. The van der Waals surface area contributed by atoms with Crippen molar-refractivity contribution in [3.63, 3.8) is 0 Å². The van der Waals surface area contributed by atoms with Gasteiger partial charge in [-0.15, -0.1) is 0 Å². The Kier molecular flexibility index (Phi) is 3.37. The molecule has 0 spiro atoms. The Morgan fingerprint density at radius 3 is 1.71 bits per heavy atom. The minimum Gasteiger partial charge on any atom is -0.386 e. The predicted molar refractivity (Wildman–Crippen MR) is 60.9 cm³/mol. The molecule has 1 aromatic rings. The predicted octanol–water partition coefficient (Wildman–Crippen LogP) is 3.74. The largest absolute Gasteiger partial charge is 0.386 e. The lowest BCUT2D eigenvalue weighted by Gasteiger charge is -2.24. The molecule has 0 fully saturated rings. The average molecular weight is 254 g/mol. The fraction of sp³-hybridized carbons (Fsp3) is 0.400. The lowest BCUT2D eigenvalue weighted by Crippen LogP contribution is -2.20. The highest BCUT2D eigenvalue weighted by molar-refractivity contribution is 6.66. The summed E-state index contributed by atoms with van der Waals surface area (Å²) in [6.07, 6.45) is 0. The summed E-state index contributed by atoms with van der Waals surface area (Å²) in [7, 11) is 0. The molecule has 1 N–H and O–H groups in total. The molecule has 0 aliphatic heterocycles. The smallest absolute Gasteiger partial charge is 0.216 e. The number of halogens is 3. The molecule has 0 aromatic heterocycles. The molecule has 1 aromatic carbocycles. The quantitative estimate of drug-likeness (QED) is 0.756. The molecule has 0 atom stereocenters. The summed E-state index contributed by atoms with van der Waals surface area (Å²) < 4.78 is -1.50. The van der Waals surface area contributed by atoms with E-state index in [0.717, 1.165) is 0 Å². The molecule has 0 amide bonds. The van der Waals surface area contributed by atoms with Gasteiger partial charge in [0.25, 0.3) is 0 Å². The third kappa shape index (κ3) is 2.77. The van der Waals surface area contributed by atoms with Crippen molar-refractivity contribution in [3.05, 3.63) is 35.4 Å². The van der Waals surface area contributed by atoms with E-state index in [9.17, 15) is 5.11 Å². The van der Waals surface area contributed by atoms with Crippen LogP contribution in [0.15, 0.2) is 24.3 Å². The van der Waals surface area contributed by atoms with E-state index in [1.807, 2.05) is 0 Å². The van der Waals surface area contributed by atoms with Crippen molar-refractivity contribution in [2.24, 2.45) is 0 Å². The topological polar surface area (TPSA) is 20.2 Å². The summed E-state index contributed by atoms with van der Waals surface area (Å²) >= 11 is 17.4. The summed E-state index contributed by atoms with van der Waals surface area (Å²) in [5, 5.41) is 9.86. The SMILES string of the molecule is CC(C)(O)c1ccccc1C(Cl)(Cl)Cl. The summed E-state index contributed by atoms with van der Waals surface area (Å²) in [6.45, 7) is 3.31. The van der Waals surface area contributed by atoms with Crippen LogP contribution in [-0.2, 0) is 9.39 Å². The van der Waals surface area contributed by atoms with E-state index < -0.39 is 9.39 Å². The van der Waals surface area contributed by atoms with Gasteiger partial charge in [-0.3, -0.25) is 0 Å². The second kappa shape index (κ2) is 3.90. The van der Waals surface area contributed by atoms with Crippen LogP contribution in [0.3, 0.4) is 0 Å². The summed E-state index contributed by atoms with van der Waals surface area (Å²) in [5.74, 6) is 0. The maximum atomic E-state index is 9.86. The maximum Gasteiger partial charge on any atom is 0.216 e. The maximum absolute atomic E-state index is 9.86. The molecule has 0 heterocycles. The highest BCUT2D eigenvalue weighted by Crippen LogP contribution is 2.42. The van der Waals surface area contributed by atoms with Crippen LogP contribution in [0.5, 0.6) is 0 Å². The van der Waals surface area contributed by atoms with Crippen LogP contribution in [0, 0.1) is 0 Å². The van der Waals surface area contributed by atoms with Crippen molar-refractivity contribution in [1.82, 2.24) is 0 Å². The first-order valence-corrected chi connectivity index (χ1v) is 5.25. The molecular formula is C10H11Cl3O. The summed E-state index contributed by atoms with van der Waals surface area (Å²) in [6, 6.07) is 7.01. The van der Waals surface area contributed by atoms with Gasteiger partial charge >= 0.3 is 0 Å². The number of aliphatic hydroxyl groups is 1. The highest BCUT2D eigenvalue weighted by Gasteiger charge is 2.30. The molecule has 1 rings (SSSR count). The van der Waals surface area contributed by atoms with Gasteiger partial charge in [-0.2, -0.15) is 0 Å². The molecule has 0 aliphatic rings. The van der Waals surface area contributed by atoms with E-state index in [0.29, 0.717) is 11.1 Å². The van der Waals surface area contributed by atoms with Gasteiger partial charge in [0.1, 0.15) is 0 Å². The van der Waals surface area contributed by atoms with Crippen LogP contribution in [0.25, 0.3) is 0 Å². The van der Waals surface area contributed by atoms with Crippen LogP contribution in [-0.4, -0.2) is 5.11 Å². The Hall–Kier alpha value is 0.0500. The van der Waals surface area contributed by atoms with Crippen LogP contribution in [0.1, 0.15) is 25.0 Å². The zero-order valence-corrected chi connectivity index (χ0v) is 10.2. The number of benzene rings is 1. The standard InChI is InChI=1S/C10H11Cl3O/c1-9(2,14)7-5-3-4-6-8(7)10(11,12)13/h3-6,14H,1-2H3. The molecule has 78 valence electrons. The van der Waals surface area contributed by atoms with Crippen LogP contribution < -0.4 is 0 Å². The number of hydrogen-bond acceptors (Lipinski definition) is 1. The van der Waals surface area contributed by atoms with Crippen LogP contribution >= 0.6 is 34.8 Å². The van der Waals surface area contributed by atoms with Gasteiger partial charge in [0.15, 0.2) is 0 Å². The second-order valence-corrected chi connectivity index (χ2v) is 5.88. The van der Waals surface area contributed by atoms with Crippen molar-refractivity contribution in [1.29, 1.82) is 0 Å². The molecule has 0 saturated heterocycles. The van der Waals surface area contributed by atoms with Gasteiger partial charge in [-0.05, 0) is 19.4 Å². The third-order valence-corrected chi connectivity index (χ3v) is 2.50. The van der Waals surface area contributed by atoms with E-state index in [1.165, 1.54) is 0 Å². The monoisotopic (exact) mass is 252 g/mol. The van der Waals surface area contributed by atoms with Gasteiger partial charge in [-0.25, -0.2) is 0 Å². The molecule has 4 heteroatoms. The van der Waals surface area contributed by atoms with Crippen LogP contribution in [0.2, 0.25) is 0 Å². The Morgan fingerprint density at radius 1 is 1.00 bits per heavy atom. The molecular weight excluding hydrogens is 242 g/mol. The fourth-order valence-electron chi connectivity index (χ4n) is 1.26. The highest BCUT2D eigenvalue weighted by atomic mass is 35.6. The Bertz CT molecular complexity index is 290. The zero-order chi connectivity index (χ0) is 11.0. The first-order valence-electron chi connectivity index (χ1n) is 4.12. The Morgan fingerprint density at radius 2 is 1.43 bits per heavy atom. The molecule has 14 heavy (non-hydrogen) atoms. The first kappa shape index (κ1) is 12.1. The van der Waals surface area contributed by atoms with Crippen molar-refractivity contribution in [2.75, 3.05) is 0 Å². The van der Waals surface area contributed by atoms with Gasteiger partial charge in [0.2, 0.25) is 3.79 Å². The van der Waals surface area contributed by atoms with Gasteiger partial charge in [-0.1, -0.05) is 59.1 Å². The van der Waals surface area contributed by atoms with E-state index in [2.05, 4.69) is 0 Å². The van der Waals surface area contributed by atoms with Crippen molar-refractivity contribution >= 4 is 34.8 Å². The molecule has 0 aliphatic carbocycles.